The number of amides is 2. The summed E-state index contributed by atoms with van der Waals surface area (Å²) in [6.45, 7) is 0.0890. The molecule has 140 valence electrons. The number of carbonyl (C=O) groups is 3. The molecule has 0 radical (unpaired) electrons. The highest BCUT2D eigenvalue weighted by Gasteiger charge is 2.39. The minimum absolute atomic E-state index is 0.0488. The molecule has 4 rings (SSSR count). The average Bonchev–Trinajstić information content (AvgIpc) is 2.96. The summed E-state index contributed by atoms with van der Waals surface area (Å²) < 4.78 is 0. The van der Waals surface area contributed by atoms with Gasteiger partial charge in [0.1, 0.15) is 0 Å². The Kier molecular flexibility index (Phi) is 4.75. The van der Waals surface area contributed by atoms with Crippen LogP contribution in [0.15, 0.2) is 66.7 Å². The van der Waals surface area contributed by atoms with Crippen molar-refractivity contribution in [2.24, 2.45) is 0 Å². The van der Waals surface area contributed by atoms with Crippen molar-refractivity contribution < 1.29 is 19.5 Å². The molecule has 1 atom stereocenters. The Balaban J connectivity index is 1.51. The highest BCUT2D eigenvalue weighted by Crippen LogP contribution is 2.32. The van der Waals surface area contributed by atoms with Gasteiger partial charge in [-0.2, -0.15) is 0 Å². The SMILES string of the molecule is O=C([O-])c1ccc(CN2C(=O)S[C@H](Nc3cccc4ccccc34)C2=O)cc1. The number of carboxylic acid groups (broad SMARTS) is 1. The number of benzene rings is 3. The van der Waals surface area contributed by atoms with Crippen molar-refractivity contribution in [1.29, 1.82) is 0 Å². The predicted octanol–water partition coefficient (Wildman–Crippen LogP) is 2.84. The van der Waals surface area contributed by atoms with Crippen LogP contribution in [0.4, 0.5) is 10.5 Å². The van der Waals surface area contributed by atoms with Gasteiger partial charge < -0.3 is 15.2 Å². The number of rotatable bonds is 5. The van der Waals surface area contributed by atoms with Crippen LogP contribution in [0.1, 0.15) is 15.9 Å². The van der Waals surface area contributed by atoms with Gasteiger partial charge in [-0.25, -0.2) is 0 Å². The van der Waals surface area contributed by atoms with Crippen LogP contribution in [0.25, 0.3) is 10.8 Å². The highest BCUT2D eigenvalue weighted by atomic mass is 32.2. The smallest absolute Gasteiger partial charge is 0.291 e. The first-order valence-electron chi connectivity index (χ1n) is 8.59. The van der Waals surface area contributed by atoms with E-state index in [0.717, 1.165) is 28.2 Å². The second kappa shape index (κ2) is 7.36. The van der Waals surface area contributed by atoms with Gasteiger partial charge in [-0.15, -0.1) is 0 Å². The molecule has 1 aliphatic rings. The molecule has 0 aliphatic carbocycles. The van der Waals surface area contributed by atoms with Crippen LogP contribution in [0.2, 0.25) is 0 Å². The van der Waals surface area contributed by atoms with Crippen molar-refractivity contribution in [2.45, 2.75) is 11.9 Å². The Morgan fingerprint density at radius 3 is 2.46 bits per heavy atom. The Bertz CT molecular complexity index is 1080. The maximum atomic E-state index is 12.8. The van der Waals surface area contributed by atoms with E-state index in [4.69, 9.17) is 0 Å². The van der Waals surface area contributed by atoms with Gasteiger partial charge in [0.05, 0.1) is 12.5 Å². The number of fused-ring (bicyclic) bond motifs is 1. The van der Waals surface area contributed by atoms with E-state index in [0.29, 0.717) is 5.56 Å². The Hall–Kier alpha value is -3.32. The van der Waals surface area contributed by atoms with Gasteiger partial charge in [-0.1, -0.05) is 60.7 Å². The zero-order chi connectivity index (χ0) is 19.7. The lowest BCUT2D eigenvalue weighted by Gasteiger charge is -2.16. The van der Waals surface area contributed by atoms with Gasteiger partial charge >= 0.3 is 0 Å². The lowest BCUT2D eigenvalue weighted by Crippen LogP contribution is -2.34. The van der Waals surface area contributed by atoms with Crippen molar-refractivity contribution >= 4 is 45.3 Å². The van der Waals surface area contributed by atoms with E-state index in [9.17, 15) is 19.5 Å². The minimum Gasteiger partial charge on any atom is -0.545 e. The third-order valence-electron chi connectivity index (χ3n) is 4.54. The number of nitrogens with one attached hydrogen (secondary N) is 1. The fraction of sp³-hybridized carbons (Fsp3) is 0.0952. The fourth-order valence-corrected chi connectivity index (χ4v) is 4.00. The van der Waals surface area contributed by atoms with Crippen molar-refractivity contribution in [3.8, 4) is 0 Å². The largest absolute Gasteiger partial charge is 0.545 e. The van der Waals surface area contributed by atoms with Crippen LogP contribution in [0.3, 0.4) is 0 Å². The van der Waals surface area contributed by atoms with Crippen LogP contribution < -0.4 is 10.4 Å². The molecule has 0 bridgehead atoms. The summed E-state index contributed by atoms with van der Waals surface area (Å²) in [5.41, 5.74) is 1.50. The third kappa shape index (κ3) is 3.44. The number of aromatic carboxylic acids is 1. The van der Waals surface area contributed by atoms with E-state index in [1.807, 2.05) is 42.5 Å². The number of hydrogen-bond acceptors (Lipinski definition) is 6. The molecule has 7 heteroatoms. The van der Waals surface area contributed by atoms with Gasteiger partial charge in [0, 0.05) is 11.1 Å². The van der Waals surface area contributed by atoms with Crippen molar-refractivity contribution in [3.63, 3.8) is 0 Å². The molecule has 1 N–H and O–H groups in total. The second-order valence-electron chi connectivity index (χ2n) is 6.34. The van der Waals surface area contributed by atoms with Crippen LogP contribution in [-0.2, 0) is 11.3 Å². The lowest BCUT2D eigenvalue weighted by molar-refractivity contribution is -0.255. The molecule has 0 spiro atoms. The maximum Gasteiger partial charge on any atom is 0.291 e. The fourth-order valence-electron chi connectivity index (χ4n) is 3.10. The Morgan fingerprint density at radius 1 is 1.00 bits per heavy atom. The number of imide groups is 1. The maximum absolute atomic E-state index is 12.8. The van der Waals surface area contributed by atoms with Gasteiger partial charge in [-0.3, -0.25) is 14.5 Å². The number of anilines is 1. The standard InChI is InChI=1S/C21H16N2O4S/c24-19-18(22-17-7-3-5-14-4-1-2-6-16(14)17)28-21(27)23(19)12-13-8-10-15(11-9-13)20(25)26/h1-11,18,22H,12H2,(H,25,26)/p-1/t18-/m0/s1. The first kappa shape index (κ1) is 18.1. The van der Waals surface area contributed by atoms with Gasteiger partial charge in [-0.05, 0) is 34.3 Å². The molecule has 2 amide bonds. The molecule has 1 fully saturated rings. The van der Waals surface area contributed by atoms with Crippen LogP contribution in [-0.4, -0.2) is 27.4 Å². The third-order valence-corrected chi connectivity index (χ3v) is 5.51. The van der Waals surface area contributed by atoms with E-state index in [-0.39, 0.29) is 23.3 Å². The molecule has 0 aromatic heterocycles. The van der Waals surface area contributed by atoms with Crippen molar-refractivity contribution in [1.82, 2.24) is 4.90 Å². The summed E-state index contributed by atoms with van der Waals surface area (Å²) in [5.74, 6) is -1.60. The molecular formula is C21H15N2O4S-. The first-order chi connectivity index (χ1) is 13.5. The summed E-state index contributed by atoms with van der Waals surface area (Å²) in [5, 5.41) is 15.0. The lowest BCUT2D eigenvalue weighted by atomic mass is 10.1. The molecule has 1 aliphatic heterocycles. The zero-order valence-electron chi connectivity index (χ0n) is 14.6. The molecule has 0 saturated carbocycles. The molecule has 6 nitrogen and oxygen atoms in total. The van der Waals surface area contributed by atoms with Gasteiger partial charge in [0.25, 0.3) is 11.1 Å². The summed E-state index contributed by atoms with van der Waals surface area (Å²) in [7, 11) is 0. The number of thioether (sulfide) groups is 1. The second-order valence-corrected chi connectivity index (χ2v) is 7.40. The van der Waals surface area contributed by atoms with E-state index in [1.165, 1.54) is 17.0 Å². The molecule has 3 aromatic rings. The van der Waals surface area contributed by atoms with Gasteiger partial charge in [0.15, 0.2) is 5.37 Å². The Morgan fingerprint density at radius 2 is 1.71 bits per heavy atom. The number of carboxylic acids is 1. The summed E-state index contributed by atoms with van der Waals surface area (Å²) >= 11 is 0.935. The monoisotopic (exact) mass is 391 g/mol. The summed E-state index contributed by atoms with van der Waals surface area (Å²) in [6, 6.07) is 19.5. The van der Waals surface area contributed by atoms with Crippen LogP contribution in [0, 0.1) is 0 Å². The van der Waals surface area contributed by atoms with Crippen LogP contribution >= 0.6 is 11.8 Å². The normalized spacial score (nSPS) is 16.6. The first-order valence-corrected chi connectivity index (χ1v) is 9.47. The van der Waals surface area contributed by atoms with Gasteiger partial charge in [0.2, 0.25) is 0 Å². The van der Waals surface area contributed by atoms with E-state index in [2.05, 4.69) is 5.32 Å². The summed E-state index contributed by atoms with van der Waals surface area (Å²) in [6.07, 6.45) is 0. The molecule has 28 heavy (non-hydrogen) atoms. The number of hydrogen-bond donors (Lipinski definition) is 1. The van der Waals surface area contributed by atoms with E-state index >= 15 is 0 Å². The van der Waals surface area contributed by atoms with Crippen LogP contribution in [0.5, 0.6) is 0 Å². The quantitative estimate of drug-likeness (QED) is 0.719. The molecule has 3 aromatic carbocycles. The average molecular weight is 391 g/mol. The van der Waals surface area contributed by atoms with Crippen molar-refractivity contribution in [3.05, 3.63) is 77.9 Å². The summed E-state index contributed by atoms with van der Waals surface area (Å²) in [4.78, 5) is 37.1. The molecular weight excluding hydrogens is 376 g/mol. The highest BCUT2D eigenvalue weighted by molar-refractivity contribution is 8.15. The zero-order valence-corrected chi connectivity index (χ0v) is 15.4. The van der Waals surface area contributed by atoms with Crippen molar-refractivity contribution in [2.75, 3.05) is 5.32 Å². The minimum atomic E-state index is -1.27. The Labute approximate surface area is 165 Å². The topological polar surface area (TPSA) is 89.5 Å². The molecule has 0 unspecified atom stereocenters. The molecule has 1 heterocycles. The predicted molar refractivity (Wildman–Crippen MR) is 106 cm³/mol. The number of carbonyl (C=O) groups excluding carboxylic acids is 3. The van der Waals surface area contributed by atoms with E-state index < -0.39 is 11.3 Å². The molecule has 1 saturated heterocycles. The van der Waals surface area contributed by atoms with E-state index in [1.54, 1.807) is 12.1 Å². The number of nitrogens with zero attached hydrogens (tertiary/aromatic N) is 1.